The fourth-order valence-electron chi connectivity index (χ4n) is 2.39. The van der Waals surface area contributed by atoms with Gasteiger partial charge < -0.3 is 9.47 Å². The largest absolute Gasteiger partial charge is 0.459 e. The van der Waals surface area contributed by atoms with E-state index in [2.05, 4.69) is 4.98 Å². The number of hydrogen-bond donors (Lipinski definition) is 1. The van der Waals surface area contributed by atoms with Crippen molar-refractivity contribution in [1.82, 2.24) is 9.55 Å². The van der Waals surface area contributed by atoms with Gasteiger partial charge in [0.1, 0.15) is 12.7 Å². The maximum atomic E-state index is 12.0. The zero-order chi connectivity index (χ0) is 17.1. The molecule has 2 aromatic rings. The lowest BCUT2D eigenvalue weighted by Crippen LogP contribution is -2.33. The first-order valence-electron chi connectivity index (χ1n) is 7.26. The summed E-state index contributed by atoms with van der Waals surface area (Å²) in [5.74, 6) is -0.846. The van der Waals surface area contributed by atoms with Crippen LogP contribution in [0.25, 0.3) is 0 Å². The average Bonchev–Trinajstić information content (AvgIpc) is 2.94. The van der Waals surface area contributed by atoms with Crippen molar-refractivity contribution in [2.45, 2.75) is 18.8 Å². The standard InChI is InChI=1S/C16H14N2O6/c19-12-8-11(9-23-15(21)10-4-2-1-3-5-10)24-14(12)18-7-6-13(20)17-16(18)22/h1-7,11,14H,8-9H2,(H,17,20,22)/t11-,14-/m0/s1. The third-order valence-electron chi connectivity index (χ3n) is 3.54. The number of ketones is 1. The van der Waals surface area contributed by atoms with E-state index in [1.54, 1.807) is 30.3 Å². The molecule has 8 heteroatoms. The van der Waals surface area contributed by atoms with Crippen LogP contribution in [0.5, 0.6) is 0 Å². The van der Waals surface area contributed by atoms with Gasteiger partial charge in [0.2, 0.25) is 0 Å². The molecule has 1 aromatic carbocycles. The zero-order valence-corrected chi connectivity index (χ0v) is 12.5. The molecule has 24 heavy (non-hydrogen) atoms. The molecule has 1 aromatic heterocycles. The highest BCUT2D eigenvalue weighted by molar-refractivity contribution is 5.89. The summed E-state index contributed by atoms with van der Waals surface area (Å²) in [4.78, 5) is 48.7. The number of rotatable bonds is 4. The van der Waals surface area contributed by atoms with E-state index in [-0.39, 0.29) is 18.8 Å². The zero-order valence-electron chi connectivity index (χ0n) is 12.5. The van der Waals surface area contributed by atoms with E-state index in [9.17, 15) is 19.2 Å². The monoisotopic (exact) mass is 330 g/mol. The summed E-state index contributed by atoms with van der Waals surface area (Å²) in [7, 11) is 0. The summed E-state index contributed by atoms with van der Waals surface area (Å²) in [6.45, 7) is -0.103. The summed E-state index contributed by atoms with van der Waals surface area (Å²) in [5, 5.41) is 0. The summed E-state index contributed by atoms with van der Waals surface area (Å²) in [6.07, 6.45) is -0.566. The maximum absolute atomic E-state index is 12.0. The molecule has 1 fully saturated rings. The van der Waals surface area contributed by atoms with Gasteiger partial charge in [-0.1, -0.05) is 18.2 Å². The van der Waals surface area contributed by atoms with Crippen molar-refractivity contribution < 1.29 is 19.1 Å². The van der Waals surface area contributed by atoms with Crippen LogP contribution in [0.2, 0.25) is 0 Å². The molecule has 0 spiro atoms. The van der Waals surface area contributed by atoms with E-state index in [1.165, 1.54) is 6.20 Å². The first-order valence-corrected chi connectivity index (χ1v) is 7.26. The number of benzene rings is 1. The molecule has 2 heterocycles. The molecule has 124 valence electrons. The van der Waals surface area contributed by atoms with Gasteiger partial charge in [0.15, 0.2) is 12.0 Å². The van der Waals surface area contributed by atoms with E-state index < -0.39 is 29.6 Å². The van der Waals surface area contributed by atoms with Crippen LogP contribution >= 0.6 is 0 Å². The molecule has 1 saturated heterocycles. The van der Waals surface area contributed by atoms with E-state index >= 15 is 0 Å². The van der Waals surface area contributed by atoms with E-state index in [1.807, 2.05) is 0 Å². The van der Waals surface area contributed by atoms with Crippen LogP contribution in [0.4, 0.5) is 0 Å². The summed E-state index contributed by atoms with van der Waals surface area (Å²) < 4.78 is 11.6. The molecule has 0 saturated carbocycles. The maximum Gasteiger partial charge on any atom is 0.338 e. The van der Waals surface area contributed by atoms with Gasteiger partial charge in [-0.3, -0.25) is 19.1 Å². The van der Waals surface area contributed by atoms with Crippen LogP contribution < -0.4 is 11.2 Å². The third kappa shape index (κ3) is 3.33. The van der Waals surface area contributed by atoms with Crippen LogP contribution in [-0.2, 0) is 14.3 Å². The highest BCUT2D eigenvalue weighted by Crippen LogP contribution is 2.23. The van der Waals surface area contributed by atoms with Gasteiger partial charge in [0.25, 0.3) is 5.56 Å². The summed E-state index contributed by atoms with van der Waals surface area (Å²) in [6, 6.07) is 9.57. The Bertz CT molecular complexity index is 870. The molecule has 0 amide bonds. The van der Waals surface area contributed by atoms with Crippen molar-refractivity contribution in [2.75, 3.05) is 6.61 Å². The van der Waals surface area contributed by atoms with Gasteiger partial charge in [0.05, 0.1) is 5.56 Å². The minimum absolute atomic E-state index is 0.0122. The molecule has 1 N–H and O–H groups in total. The first-order chi connectivity index (χ1) is 11.5. The Labute approximate surface area is 135 Å². The van der Waals surface area contributed by atoms with Crippen LogP contribution in [0.15, 0.2) is 52.2 Å². The van der Waals surface area contributed by atoms with Crippen molar-refractivity contribution in [3.8, 4) is 0 Å². The molecule has 0 aliphatic carbocycles. The molecular formula is C16H14N2O6. The second-order valence-corrected chi connectivity index (χ2v) is 5.26. The van der Waals surface area contributed by atoms with Crippen LogP contribution in [0.3, 0.4) is 0 Å². The second-order valence-electron chi connectivity index (χ2n) is 5.26. The average molecular weight is 330 g/mol. The number of ether oxygens (including phenoxy) is 2. The van der Waals surface area contributed by atoms with Gasteiger partial charge in [0, 0.05) is 18.7 Å². The lowest BCUT2D eigenvalue weighted by molar-refractivity contribution is -0.127. The van der Waals surface area contributed by atoms with E-state index in [4.69, 9.17) is 9.47 Å². The fourth-order valence-corrected chi connectivity index (χ4v) is 2.39. The van der Waals surface area contributed by atoms with Gasteiger partial charge in [-0.15, -0.1) is 0 Å². The van der Waals surface area contributed by atoms with Gasteiger partial charge in [-0.25, -0.2) is 9.59 Å². The number of carbonyl (C=O) groups excluding carboxylic acids is 2. The van der Waals surface area contributed by atoms with Crippen LogP contribution in [-0.4, -0.2) is 34.0 Å². The van der Waals surface area contributed by atoms with E-state index in [0.717, 1.165) is 10.6 Å². The summed E-state index contributed by atoms with van der Waals surface area (Å²) in [5.41, 5.74) is -0.895. The lowest BCUT2D eigenvalue weighted by Gasteiger charge is -2.14. The van der Waals surface area contributed by atoms with Crippen LogP contribution in [0, 0.1) is 0 Å². The van der Waals surface area contributed by atoms with Crippen molar-refractivity contribution >= 4 is 11.8 Å². The Morgan fingerprint density at radius 2 is 1.96 bits per heavy atom. The third-order valence-corrected chi connectivity index (χ3v) is 3.54. The number of hydrogen-bond acceptors (Lipinski definition) is 6. The predicted octanol–water partition coefficient (Wildman–Crippen LogP) is 0.250. The topological polar surface area (TPSA) is 107 Å². The van der Waals surface area contributed by atoms with Gasteiger partial charge >= 0.3 is 11.7 Å². The van der Waals surface area contributed by atoms with Crippen molar-refractivity contribution in [3.05, 3.63) is 69.0 Å². The number of H-pyrrole nitrogens is 1. The Kier molecular flexibility index (Phi) is 4.39. The second kappa shape index (κ2) is 6.63. The fraction of sp³-hybridized carbons (Fsp3) is 0.250. The summed E-state index contributed by atoms with van der Waals surface area (Å²) >= 11 is 0. The molecule has 8 nitrogen and oxygen atoms in total. The number of nitrogens with one attached hydrogen (secondary N) is 1. The Balaban J connectivity index is 1.64. The number of carbonyl (C=O) groups is 2. The van der Waals surface area contributed by atoms with Crippen molar-refractivity contribution in [1.29, 1.82) is 0 Å². The molecule has 2 atom stereocenters. The van der Waals surface area contributed by atoms with Gasteiger partial charge in [-0.2, -0.15) is 0 Å². The predicted molar refractivity (Wildman–Crippen MR) is 81.6 cm³/mol. The number of nitrogens with zero attached hydrogens (tertiary/aromatic N) is 1. The van der Waals surface area contributed by atoms with Crippen molar-refractivity contribution in [2.24, 2.45) is 0 Å². The quantitative estimate of drug-likeness (QED) is 0.805. The molecule has 1 aliphatic heterocycles. The molecule has 1 aliphatic rings. The Morgan fingerprint density at radius 1 is 1.21 bits per heavy atom. The molecule has 0 bridgehead atoms. The Hall–Kier alpha value is -3.00. The SMILES string of the molecule is O=C(OC[C@@H]1CC(=O)[C@@H](n2ccc(=O)[nH]c2=O)O1)c1ccccc1. The molecular weight excluding hydrogens is 316 g/mol. The highest BCUT2D eigenvalue weighted by atomic mass is 16.6. The van der Waals surface area contributed by atoms with Gasteiger partial charge in [-0.05, 0) is 12.1 Å². The van der Waals surface area contributed by atoms with E-state index in [0.29, 0.717) is 5.56 Å². The number of esters is 1. The smallest absolute Gasteiger partial charge is 0.338 e. The van der Waals surface area contributed by atoms with Crippen molar-refractivity contribution in [3.63, 3.8) is 0 Å². The minimum atomic E-state index is -1.13. The normalized spacial score (nSPS) is 20.1. The van der Waals surface area contributed by atoms with Crippen LogP contribution in [0.1, 0.15) is 23.0 Å². The highest BCUT2D eigenvalue weighted by Gasteiger charge is 2.36. The molecule has 0 unspecified atom stereocenters. The molecule has 0 radical (unpaired) electrons. The Morgan fingerprint density at radius 3 is 2.67 bits per heavy atom. The number of aromatic amines is 1. The number of aromatic nitrogens is 2. The number of Topliss-reactive ketones (excluding diaryl/α,β-unsaturated/α-hetero) is 1. The lowest BCUT2D eigenvalue weighted by atomic mass is 10.2. The first kappa shape index (κ1) is 15.9. The molecule has 3 rings (SSSR count). The minimum Gasteiger partial charge on any atom is -0.459 e.